The molecule has 1 N–H and O–H groups in total. The van der Waals surface area contributed by atoms with Crippen molar-refractivity contribution in [2.45, 2.75) is 32.7 Å². The zero-order chi connectivity index (χ0) is 22.1. The van der Waals surface area contributed by atoms with E-state index in [1.54, 1.807) is 12.1 Å². The third kappa shape index (κ3) is 4.48. The highest BCUT2D eigenvalue weighted by Gasteiger charge is 2.33. The third-order valence-electron chi connectivity index (χ3n) is 5.53. The highest BCUT2D eigenvalue weighted by molar-refractivity contribution is 5.90. The van der Waals surface area contributed by atoms with Crippen molar-refractivity contribution in [3.05, 3.63) is 41.5 Å². The van der Waals surface area contributed by atoms with Crippen molar-refractivity contribution in [3.8, 4) is 0 Å². The number of benzene rings is 1. The number of anilines is 2. The van der Waals surface area contributed by atoms with Crippen LogP contribution in [0.5, 0.6) is 0 Å². The Kier molecular flexibility index (Phi) is 5.81. The number of amides is 2. The maximum absolute atomic E-state index is 15.0. The Labute approximate surface area is 180 Å². The summed E-state index contributed by atoms with van der Waals surface area (Å²) in [6.45, 7) is 4.74. The fourth-order valence-corrected chi connectivity index (χ4v) is 3.88. The number of hydrogen-bond donors (Lipinski definition) is 1. The molecule has 166 valence electrons. The number of carbonyl (C=O) groups excluding carboxylic acids is 2. The van der Waals surface area contributed by atoms with Gasteiger partial charge in [0.25, 0.3) is 0 Å². The number of hydrogen-bond acceptors (Lipinski definition) is 6. The van der Waals surface area contributed by atoms with Gasteiger partial charge in [0, 0.05) is 25.6 Å². The molecule has 0 unspecified atom stereocenters. The number of ether oxygens (including phenoxy) is 1. The van der Waals surface area contributed by atoms with E-state index in [0.29, 0.717) is 24.5 Å². The van der Waals surface area contributed by atoms with E-state index in [0.717, 1.165) is 24.3 Å². The average molecular weight is 430 g/mol. The molecule has 0 radical (unpaired) electrons. The van der Waals surface area contributed by atoms with E-state index in [9.17, 15) is 9.59 Å². The Balaban J connectivity index is 1.44. The number of nitrogens with zero attached hydrogens (tertiary/aromatic N) is 5. The largest absolute Gasteiger partial charge is 0.442 e. The highest BCUT2D eigenvalue weighted by Crippen LogP contribution is 2.33. The molecule has 10 heteroatoms. The maximum atomic E-state index is 15.0. The van der Waals surface area contributed by atoms with Crippen LogP contribution in [0.2, 0.25) is 0 Å². The van der Waals surface area contributed by atoms with Crippen molar-refractivity contribution in [2.24, 2.45) is 0 Å². The van der Waals surface area contributed by atoms with Crippen LogP contribution in [-0.2, 0) is 29.2 Å². The van der Waals surface area contributed by atoms with Crippen LogP contribution in [0.1, 0.15) is 18.2 Å². The molecule has 31 heavy (non-hydrogen) atoms. The number of rotatable bonds is 7. The van der Waals surface area contributed by atoms with Gasteiger partial charge in [-0.25, -0.2) is 9.18 Å². The molecule has 1 aromatic carbocycles. The lowest BCUT2D eigenvalue weighted by molar-refractivity contribution is -0.119. The first kappa shape index (κ1) is 21.1. The Bertz CT molecular complexity index is 991. The number of fused-ring (bicyclic) bond motifs is 1. The smallest absolute Gasteiger partial charge is 0.414 e. The predicted molar refractivity (Wildman–Crippen MR) is 113 cm³/mol. The van der Waals surface area contributed by atoms with E-state index in [1.165, 1.54) is 17.9 Å². The summed E-state index contributed by atoms with van der Waals surface area (Å²) < 4.78 is 22.3. The first-order valence-corrected chi connectivity index (χ1v) is 10.3. The molecule has 0 spiro atoms. The van der Waals surface area contributed by atoms with Gasteiger partial charge in [-0.1, -0.05) is 0 Å². The summed E-state index contributed by atoms with van der Waals surface area (Å²) >= 11 is 0. The number of nitrogens with one attached hydrogen (secondary N) is 1. The molecule has 1 fully saturated rings. The Morgan fingerprint density at radius 3 is 2.87 bits per heavy atom. The molecule has 0 aliphatic carbocycles. The normalized spacial score (nSPS) is 18.0. The van der Waals surface area contributed by atoms with E-state index in [1.807, 2.05) is 29.9 Å². The molecule has 3 heterocycles. The second kappa shape index (κ2) is 8.54. The van der Waals surface area contributed by atoms with Crippen molar-refractivity contribution in [1.82, 2.24) is 20.0 Å². The zero-order valence-electron chi connectivity index (χ0n) is 18.0. The number of carbonyl (C=O) groups is 2. The number of aromatic nitrogens is 2. The molecule has 2 amide bonds. The minimum absolute atomic E-state index is 0.193. The summed E-state index contributed by atoms with van der Waals surface area (Å²) in [5, 5.41) is 7.08. The molecule has 2 aliphatic rings. The highest BCUT2D eigenvalue weighted by atomic mass is 19.1. The lowest BCUT2D eigenvalue weighted by Crippen LogP contribution is -2.33. The molecule has 1 aromatic heterocycles. The number of halogens is 1. The third-order valence-corrected chi connectivity index (χ3v) is 5.53. The van der Waals surface area contributed by atoms with Crippen LogP contribution in [0, 0.1) is 5.82 Å². The molecular formula is C21H27FN6O3. The standard InChI is InChI=1S/C21H27FN6O3/c1-14(29)23-10-17-12-27(21(30)31-17)16-4-5-19(18(22)8-16)26-11-15-9-24-28(20(15)13-26)7-6-25(2)3/h4-5,8-9,17H,6-7,10-13H2,1-3H3,(H,23,29)/t17-/m0/s1. The molecule has 2 aromatic rings. The molecule has 0 saturated carbocycles. The van der Waals surface area contributed by atoms with E-state index in [-0.39, 0.29) is 19.0 Å². The van der Waals surface area contributed by atoms with E-state index < -0.39 is 18.0 Å². The minimum atomic E-state index is -0.544. The summed E-state index contributed by atoms with van der Waals surface area (Å²) in [6.07, 6.45) is 0.849. The molecule has 1 atom stereocenters. The lowest BCUT2D eigenvalue weighted by Gasteiger charge is -2.21. The van der Waals surface area contributed by atoms with Crippen LogP contribution in [0.15, 0.2) is 24.4 Å². The van der Waals surface area contributed by atoms with Gasteiger partial charge in [0.1, 0.15) is 11.9 Å². The van der Waals surface area contributed by atoms with Gasteiger partial charge >= 0.3 is 6.09 Å². The van der Waals surface area contributed by atoms with Crippen molar-refractivity contribution in [1.29, 1.82) is 0 Å². The summed E-state index contributed by atoms with van der Waals surface area (Å²) in [5.41, 5.74) is 3.13. The van der Waals surface area contributed by atoms with Crippen LogP contribution >= 0.6 is 0 Å². The van der Waals surface area contributed by atoms with E-state index in [2.05, 4.69) is 15.3 Å². The summed E-state index contributed by atoms with van der Waals surface area (Å²) in [5.74, 6) is -0.588. The lowest BCUT2D eigenvalue weighted by atomic mass is 10.2. The van der Waals surface area contributed by atoms with Gasteiger partial charge in [-0.2, -0.15) is 5.10 Å². The first-order chi connectivity index (χ1) is 14.8. The second-order valence-electron chi connectivity index (χ2n) is 8.19. The van der Waals surface area contributed by atoms with Crippen molar-refractivity contribution < 1.29 is 18.7 Å². The molecule has 9 nitrogen and oxygen atoms in total. The fraction of sp³-hybridized carbons (Fsp3) is 0.476. The molecular weight excluding hydrogens is 403 g/mol. The van der Waals surface area contributed by atoms with Crippen LogP contribution < -0.4 is 15.1 Å². The zero-order valence-corrected chi connectivity index (χ0v) is 18.0. The van der Waals surface area contributed by atoms with Crippen LogP contribution in [0.4, 0.5) is 20.6 Å². The van der Waals surface area contributed by atoms with E-state index in [4.69, 9.17) is 4.74 Å². The molecule has 2 aliphatic heterocycles. The maximum Gasteiger partial charge on any atom is 0.414 e. The van der Waals surface area contributed by atoms with E-state index >= 15 is 4.39 Å². The SMILES string of the molecule is CC(=O)NC[C@H]1CN(c2ccc(N3Cc4cnn(CCN(C)C)c4C3)c(F)c2)C(=O)O1. The van der Waals surface area contributed by atoms with Crippen molar-refractivity contribution in [3.63, 3.8) is 0 Å². The average Bonchev–Trinajstić information content (AvgIpc) is 3.39. The summed E-state index contributed by atoms with van der Waals surface area (Å²) in [6, 6.07) is 4.78. The Hall–Kier alpha value is -3.14. The predicted octanol–water partition coefficient (Wildman–Crippen LogP) is 1.57. The molecule has 4 rings (SSSR count). The minimum Gasteiger partial charge on any atom is -0.442 e. The summed E-state index contributed by atoms with van der Waals surface area (Å²) in [4.78, 5) is 28.7. The van der Waals surface area contributed by atoms with Gasteiger partial charge in [-0.05, 0) is 32.3 Å². The van der Waals surface area contributed by atoms with Crippen LogP contribution in [0.3, 0.4) is 0 Å². The Morgan fingerprint density at radius 2 is 2.16 bits per heavy atom. The van der Waals surface area contributed by atoms with Gasteiger partial charge in [-0.3, -0.25) is 14.4 Å². The second-order valence-corrected chi connectivity index (χ2v) is 8.19. The monoisotopic (exact) mass is 430 g/mol. The van der Waals surface area contributed by atoms with Gasteiger partial charge < -0.3 is 19.9 Å². The Morgan fingerprint density at radius 1 is 1.35 bits per heavy atom. The first-order valence-electron chi connectivity index (χ1n) is 10.3. The van der Waals surface area contributed by atoms with Gasteiger partial charge in [0.2, 0.25) is 5.91 Å². The number of likely N-dealkylation sites (N-methyl/N-ethyl adjacent to an activating group) is 1. The van der Waals surface area contributed by atoms with Gasteiger partial charge in [-0.15, -0.1) is 0 Å². The quantitative estimate of drug-likeness (QED) is 0.718. The van der Waals surface area contributed by atoms with Gasteiger partial charge in [0.15, 0.2) is 0 Å². The fourth-order valence-electron chi connectivity index (χ4n) is 3.88. The van der Waals surface area contributed by atoms with Gasteiger partial charge in [0.05, 0.1) is 49.4 Å². The molecule has 1 saturated heterocycles. The topological polar surface area (TPSA) is 82.9 Å². The van der Waals surface area contributed by atoms with Crippen molar-refractivity contribution >= 4 is 23.4 Å². The van der Waals surface area contributed by atoms with Crippen LogP contribution in [0.25, 0.3) is 0 Å². The molecule has 0 bridgehead atoms. The summed E-state index contributed by atoms with van der Waals surface area (Å²) in [7, 11) is 4.04. The van der Waals surface area contributed by atoms with Crippen LogP contribution in [-0.4, -0.2) is 66.5 Å². The van der Waals surface area contributed by atoms with Crippen molar-refractivity contribution in [2.75, 3.05) is 43.5 Å². The number of cyclic esters (lactones) is 1.